The molecule has 2 rings (SSSR count). The van der Waals surface area contributed by atoms with Gasteiger partial charge in [-0.3, -0.25) is 4.79 Å². The predicted molar refractivity (Wildman–Crippen MR) is 76.6 cm³/mol. The average molecular weight is 267 g/mol. The summed E-state index contributed by atoms with van der Waals surface area (Å²) in [6.07, 6.45) is 6.36. The third-order valence-corrected chi connectivity index (χ3v) is 4.72. The van der Waals surface area contributed by atoms with E-state index in [4.69, 9.17) is 5.11 Å². The zero-order valence-corrected chi connectivity index (χ0v) is 12.6. The van der Waals surface area contributed by atoms with E-state index in [2.05, 4.69) is 26.1 Å². The quantitative estimate of drug-likeness (QED) is 0.804. The van der Waals surface area contributed by atoms with Gasteiger partial charge in [-0.05, 0) is 55.8 Å². The van der Waals surface area contributed by atoms with Gasteiger partial charge in [-0.1, -0.05) is 20.8 Å². The molecule has 0 radical (unpaired) electrons. The third kappa shape index (κ3) is 4.20. The summed E-state index contributed by atoms with van der Waals surface area (Å²) in [5.74, 6) is 1.64. The summed E-state index contributed by atoms with van der Waals surface area (Å²) < 4.78 is 0. The van der Waals surface area contributed by atoms with Gasteiger partial charge in [0.15, 0.2) is 0 Å². The highest BCUT2D eigenvalue weighted by molar-refractivity contribution is 5.79. The number of nitrogens with one attached hydrogen (secondary N) is 1. The lowest BCUT2D eigenvalue weighted by Crippen LogP contribution is -2.44. The van der Waals surface area contributed by atoms with Crippen molar-refractivity contribution >= 4 is 5.91 Å². The van der Waals surface area contributed by atoms with Gasteiger partial charge in [0, 0.05) is 18.6 Å². The highest BCUT2D eigenvalue weighted by Crippen LogP contribution is 2.42. The monoisotopic (exact) mass is 267 g/mol. The maximum Gasteiger partial charge on any atom is 0.223 e. The molecule has 110 valence electrons. The molecule has 2 aliphatic rings. The van der Waals surface area contributed by atoms with Gasteiger partial charge in [0.2, 0.25) is 5.91 Å². The van der Waals surface area contributed by atoms with Crippen molar-refractivity contribution in [3.05, 3.63) is 0 Å². The number of aliphatic hydroxyl groups excluding tert-OH is 1. The molecule has 2 N–H and O–H groups in total. The first-order chi connectivity index (χ1) is 8.91. The molecule has 2 fully saturated rings. The summed E-state index contributed by atoms with van der Waals surface area (Å²) in [5.41, 5.74) is 0.283. The lowest BCUT2D eigenvalue weighted by molar-refractivity contribution is -0.129. The van der Waals surface area contributed by atoms with Crippen molar-refractivity contribution in [1.29, 1.82) is 0 Å². The number of amides is 1. The molecular weight excluding hydrogens is 238 g/mol. The molecule has 1 amide bonds. The van der Waals surface area contributed by atoms with E-state index in [1.807, 2.05) is 0 Å². The molecule has 3 heteroatoms. The fraction of sp³-hybridized carbons (Fsp3) is 0.938. The van der Waals surface area contributed by atoms with Crippen LogP contribution in [0.3, 0.4) is 0 Å². The van der Waals surface area contributed by atoms with E-state index in [9.17, 15) is 4.79 Å². The molecule has 0 aliphatic heterocycles. The Balaban J connectivity index is 1.91. The van der Waals surface area contributed by atoms with Crippen molar-refractivity contribution in [3.8, 4) is 0 Å². The van der Waals surface area contributed by atoms with E-state index in [-0.39, 0.29) is 29.9 Å². The molecule has 2 aliphatic carbocycles. The number of aliphatic hydroxyl groups is 1. The molecule has 3 unspecified atom stereocenters. The van der Waals surface area contributed by atoms with Crippen molar-refractivity contribution < 1.29 is 9.90 Å². The Morgan fingerprint density at radius 1 is 1.37 bits per heavy atom. The van der Waals surface area contributed by atoms with Crippen LogP contribution in [0.25, 0.3) is 0 Å². The van der Waals surface area contributed by atoms with E-state index in [0.717, 1.165) is 12.8 Å². The topological polar surface area (TPSA) is 49.3 Å². The van der Waals surface area contributed by atoms with E-state index in [0.29, 0.717) is 18.3 Å². The molecular formula is C16H29NO2. The van der Waals surface area contributed by atoms with Crippen LogP contribution in [0, 0.1) is 23.2 Å². The maximum atomic E-state index is 12.5. The lowest BCUT2D eigenvalue weighted by Gasteiger charge is -2.38. The molecule has 3 atom stereocenters. The molecule has 3 nitrogen and oxygen atoms in total. The van der Waals surface area contributed by atoms with Crippen LogP contribution < -0.4 is 5.32 Å². The van der Waals surface area contributed by atoms with Gasteiger partial charge >= 0.3 is 0 Å². The van der Waals surface area contributed by atoms with E-state index in [1.165, 1.54) is 19.3 Å². The zero-order chi connectivity index (χ0) is 14.0. The van der Waals surface area contributed by atoms with E-state index < -0.39 is 0 Å². The highest BCUT2D eigenvalue weighted by atomic mass is 16.3. The summed E-state index contributed by atoms with van der Waals surface area (Å²) in [6, 6.07) is 0.206. The number of carbonyl (C=O) groups is 1. The van der Waals surface area contributed by atoms with Gasteiger partial charge in [0.05, 0.1) is 0 Å². The minimum atomic E-state index is 0.165. The van der Waals surface area contributed by atoms with E-state index >= 15 is 0 Å². The number of hydrogen-bond donors (Lipinski definition) is 2. The Labute approximate surface area is 117 Å². The largest absolute Gasteiger partial charge is 0.396 e. The molecule has 0 aromatic carbocycles. The fourth-order valence-electron chi connectivity index (χ4n) is 3.91. The Morgan fingerprint density at radius 2 is 2.05 bits per heavy atom. The van der Waals surface area contributed by atoms with Crippen molar-refractivity contribution in [1.82, 2.24) is 5.32 Å². The van der Waals surface area contributed by atoms with Crippen LogP contribution >= 0.6 is 0 Å². The lowest BCUT2D eigenvalue weighted by atomic mass is 9.68. The normalized spacial score (nSPS) is 31.8. The van der Waals surface area contributed by atoms with Crippen molar-refractivity contribution in [3.63, 3.8) is 0 Å². The van der Waals surface area contributed by atoms with Crippen LogP contribution in [-0.2, 0) is 4.79 Å². The van der Waals surface area contributed by atoms with Crippen LogP contribution in [0.15, 0.2) is 0 Å². The van der Waals surface area contributed by atoms with Gasteiger partial charge in [0.25, 0.3) is 0 Å². The van der Waals surface area contributed by atoms with Crippen LogP contribution in [0.1, 0.15) is 59.3 Å². The molecule has 2 saturated carbocycles. The summed E-state index contributed by atoms with van der Waals surface area (Å²) in [6.45, 7) is 6.98. The third-order valence-electron chi connectivity index (χ3n) is 4.72. The SMILES string of the molecule is CC1CC(C(=O)NC(CCO)C2CC2)CC(C)(C)C1. The highest BCUT2D eigenvalue weighted by Gasteiger charge is 2.38. The molecule has 0 aromatic rings. The summed E-state index contributed by atoms with van der Waals surface area (Å²) in [5, 5.41) is 12.3. The van der Waals surface area contributed by atoms with Gasteiger partial charge < -0.3 is 10.4 Å². The Kier molecular flexibility index (Phi) is 4.54. The van der Waals surface area contributed by atoms with E-state index in [1.54, 1.807) is 0 Å². The molecule has 0 spiro atoms. The van der Waals surface area contributed by atoms with Gasteiger partial charge in [-0.25, -0.2) is 0 Å². The van der Waals surface area contributed by atoms with Gasteiger partial charge in [-0.15, -0.1) is 0 Å². The molecule has 0 aromatic heterocycles. The standard InChI is InChI=1S/C16H29NO2/c1-11-8-13(10-16(2,3)9-11)15(19)17-14(6-7-18)12-4-5-12/h11-14,18H,4-10H2,1-3H3,(H,17,19). The molecule has 0 saturated heterocycles. The molecule has 19 heavy (non-hydrogen) atoms. The molecule has 0 bridgehead atoms. The number of carbonyl (C=O) groups excluding carboxylic acids is 1. The Hall–Kier alpha value is -0.570. The second kappa shape index (κ2) is 5.82. The van der Waals surface area contributed by atoms with Crippen molar-refractivity contribution in [2.24, 2.45) is 23.2 Å². The van der Waals surface area contributed by atoms with Crippen molar-refractivity contribution in [2.45, 2.75) is 65.3 Å². The summed E-state index contributed by atoms with van der Waals surface area (Å²) >= 11 is 0. The maximum absolute atomic E-state index is 12.5. The van der Waals surface area contributed by atoms with Gasteiger partial charge in [0.1, 0.15) is 0 Å². The van der Waals surface area contributed by atoms with Crippen LogP contribution in [-0.4, -0.2) is 23.7 Å². The van der Waals surface area contributed by atoms with Crippen LogP contribution in [0.4, 0.5) is 0 Å². The first-order valence-corrected chi connectivity index (χ1v) is 7.82. The fourth-order valence-corrected chi connectivity index (χ4v) is 3.91. The summed E-state index contributed by atoms with van der Waals surface area (Å²) in [7, 11) is 0. The summed E-state index contributed by atoms with van der Waals surface area (Å²) in [4.78, 5) is 12.5. The zero-order valence-electron chi connectivity index (χ0n) is 12.6. The smallest absolute Gasteiger partial charge is 0.223 e. The van der Waals surface area contributed by atoms with Crippen LogP contribution in [0.2, 0.25) is 0 Å². The Bertz CT molecular complexity index is 323. The predicted octanol–water partition coefficient (Wildman–Crippen LogP) is 2.73. The number of hydrogen-bond acceptors (Lipinski definition) is 2. The first kappa shape index (κ1) is 14.8. The first-order valence-electron chi connectivity index (χ1n) is 7.82. The molecule has 0 heterocycles. The second-order valence-electron chi connectivity index (χ2n) is 7.58. The average Bonchev–Trinajstić information content (AvgIpc) is 3.09. The van der Waals surface area contributed by atoms with Crippen molar-refractivity contribution in [2.75, 3.05) is 6.61 Å². The van der Waals surface area contributed by atoms with Crippen LogP contribution in [0.5, 0.6) is 0 Å². The number of rotatable bonds is 5. The van der Waals surface area contributed by atoms with Gasteiger partial charge in [-0.2, -0.15) is 0 Å². The minimum absolute atomic E-state index is 0.165. The minimum Gasteiger partial charge on any atom is -0.396 e. The Morgan fingerprint density at radius 3 is 2.58 bits per heavy atom. The second-order valence-corrected chi connectivity index (χ2v) is 7.58.